The standard InChI is InChI=1S/C19H34O2/c1-2-3-4-5-7-10-13-17-16-18(17)14-11-8-6-9-12-15-19(20)21/h2-16H2,1H3,(H,20,21)/p-1. The highest BCUT2D eigenvalue weighted by molar-refractivity contribution is 5.64. The zero-order valence-electron chi connectivity index (χ0n) is 13.9. The maximum absolute atomic E-state index is 10.3. The number of rotatable bonds is 15. The summed E-state index contributed by atoms with van der Waals surface area (Å²) in [5.74, 6) is -0.905. The summed E-state index contributed by atoms with van der Waals surface area (Å²) < 4.78 is 0. The Balaban J connectivity index is 1.84. The van der Waals surface area contributed by atoms with Gasteiger partial charge in [-0.1, -0.05) is 69.4 Å². The normalized spacial score (nSPS) is 13.8. The molecule has 122 valence electrons. The van der Waals surface area contributed by atoms with Gasteiger partial charge in [0.2, 0.25) is 0 Å². The highest BCUT2D eigenvalue weighted by Gasteiger charge is 2.19. The highest BCUT2D eigenvalue weighted by atomic mass is 16.4. The van der Waals surface area contributed by atoms with Crippen LogP contribution in [0.15, 0.2) is 11.1 Å². The summed E-state index contributed by atoms with van der Waals surface area (Å²) in [5, 5.41) is 10.3. The van der Waals surface area contributed by atoms with E-state index in [-0.39, 0.29) is 6.42 Å². The Kier molecular flexibility index (Phi) is 10.3. The maximum Gasteiger partial charge on any atom is 0.0414 e. The van der Waals surface area contributed by atoms with E-state index in [2.05, 4.69) is 6.92 Å². The summed E-state index contributed by atoms with van der Waals surface area (Å²) in [6.07, 6.45) is 18.1. The van der Waals surface area contributed by atoms with Gasteiger partial charge in [0.15, 0.2) is 0 Å². The summed E-state index contributed by atoms with van der Waals surface area (Å²) in [4.78, 5) is 10.3. The van der Waals surface area contributed by atoms with Crippen LogP contribution in [0.4, 0.5) is 0 Å². The molecule has 0 unspecified atom stereocenters. The van der Waals surface area contributed by atoms with Gasteiger partial charge in [0.1, 0.15) is 0 Å². The van der Waals surface area contributed by atoms with Crippen molar-refractivity contribution in [3.8, 4) is 0 Å². The third kappa shape index (κ3) is 10.6. The molecule has 0 saturated carbocycles. The maximum atomic E-state index is 10.3. The van der Waals surface area contributed by atoms with Gasteiger partial charge in [0.05, 0.1) is 0 Å². The lowest BCUT2D eigenvalue weighted by Gasteiger charge is -2.01. The van der Waals surface area contributed by atoms with Crippen LogP contribution in [0.5, 0.6) is 0 Å². The van der Waals surface area contributed by atoms with Crippen LogP contribution in [-0.4, -0.2) is 5.97 Å². The number of aliphatic carboxylic acids is 1. The van der Waals surface area contributed by atoms with Gasteiger partial charge in [-0.15, -0.1) is 0 Å². The molecule has 0 bridgehead atoms. The van der Waals surface area contributed by atoms with Gasteiger partial charge in [0.25, 0.3) is 0 Å². The smallest absolute Gasteiger partial charge is 0.0414 e. The second kappa shape index (κ2) is 11.8. The molecular formula is C19H33O2-. The van der Waals surface area contributed by atoms with Gasteiger partial charge in [0, 0.05) is 5.97 Å². The predicted molar refractivity (Wildman–Crippen MR) is 87.0 cm³/mol. The Morgan fingerprint density at radius 1 is 0.810 bits per heavy atom. The second-order valence-electron chi connectivity index (χ2n) is 6.54. The van der Waals surface area contributed by atoms with Gasteiger partial charge in [-0.05, 0) is 44.9 Å². The number of carbonyl (C=O) groups is 1. The van der Waals surface area contributed by atoms with Crippen molar-refractivity contribution >= 4 is 5.97 Å². The molecule has 0 aromatic carbocycles. The van der Waals surface area contributed by atoms with Crippen molar-refractivity contribution in [2.45, 2.75) is 103 Å². The van der Waals surface area contributed by atoms with E-state index in [1.54, 1.807) is 11.1 Å². The largest absolute Gasteiger partial charge is 0.550 e. The van der Waals surface area contributed by atoms with Gasteiger partial charge < -0.3 is 9.90 Å². The third-order valence-electron chi connectivity index (χ3n) is 4.49. The quantitative estimate of drug-likeness (QED) is 0.318. The lowest BCUT2D eigenvalue weighted by molar-refractivity contribution is -0.305. The molecule has 2 nitrogen and oxygen atoms in total. The van der Waals surface area contributed by atoms with Gasteiger partial charge >= 0.3 is 0 Å². The van der Waals surface area contributed by atoms with Crippen molar-refractivity contribution < 1.29 is 9.90 Å². The minimum Gasteiger partial charge on any atom is -0.550 e. The monoisotopic (exact) mass is 293 g/mol. The van der Waals surface area contributed by atoms with Crippen molar-refractivity contribution in [2.24, 2.45) is 0 Å². The zero-order valence-corrected chi connectivity index (χ0v) is 13.9. The molecule has 0 aromatic heterocycles. The number of carboxylic acid groups (broad SMARTS) is 1. The molecule has 0 saturated heterocycles. The van der Waals surface area contributed by atoms with E-state index in [4.69, 9.17) is 0 Å². The summed E-state index contributed by atoms with van der Waals surface area (Å²) in [6, 6.07) is 0. The minimum absolute atomic E-state index is 0.230. The van der Waals surface area contributed by atoms with E-state index in [1.807, 2.05) is 0 Å². The first-order valence-electron chi connectivity index (χ1n) is 9.13. The Hall–Kier alpha value is -0.790. The molecule has 0 N–H and O–H groups in total. The summed E-state index contributed by atoms with van der Waals surface area (Å²) in [7, 11) is 0. The molecule has 1 aliphatic carbocycles. The first-order chi connectivity index (χ1) is 10.2. The van der Waals surface area contributed by atoms with Crippen LogP contribution in [-0.2, 0) is 4.79 Å². The molecule has 0 amide bonds. The average Bonchev–Trinajstić information content (AvgIpc) is 3.20. The van der Waals surface area contributed by atoms with Crippen molar-refractivity contribution in [1.82, 2.24) is 0 Å². The molecule has 0 radical (unpaired) electrons. The molecule has 2 heteroatoms. The lowest BCUT2D eigenvalue weighted by Crippen LogP contribution is -2.21. The first-order valence-corrected chi connectivity index (χ1v) is 9.13. The Labute approximate surface area is 131 Å². The first kappa shape index (κ1) is 18.3. The van der Waals surface area contributed by atoms with Crippen molar-refractivity contribution in [3.05, 3.63) is 11.1 Å². The van der Waals surface area contributed by atoms with Crippen LogP contribution in [0.2, 0.25) is 0 Å². The van der Waals surface area contributed by atoms with E-state index in [1.165, 1.54) is 77.0 Å². The Morgan fingerprint density at radius 3 is 1.81 bits per heavy atom. The van der Waals surface area contributed by atoms with E-state index < -0.39 is 5.97 Å². The molecule has 0 atom stereocenters. The highest BCUT2D eigenvalue weighted by Crippen LogP contribution is 2.38. The number of hydrogen-bond acceptors (Lipinski definition) is 2. The topological polar surface area (TPSA) is 40.1 Å². The second-order valence-corrected chi connectivity index (χ2v) is 6.54. The number of carbonyl (C=O) groups excluding carboxylic acids is 1. The fourth-order valence-corrected chi connectivity index (χ4v) is 3.00. The summed E-state index contributed by atoms with van der Waals surface area (Å²) in [6.45, 7) is 2.27. The fraction of sp³-hybridized carbons (Fsp3) is 0.842. The van der Waals surface area contributed by atoms with Gasteiger partial charge in [-0.25, -0.2) is 0 Å². The van der Waals surface area contributed by atoms with Crippen LogP contribution in [0.25, 0.3) is 0 Å². The van der Waals surface area contributed by atoms with Crippen molar-refractivity contribution in [3.63, 3.8) is 0 Å². The zero-order chi connectivity index (χ0) is 15.3. The fourth-order valence-electron chi connectivity index (χ4n) is 3.00. The average molecular weight is 293 g/mol. The molecule has 0 fully saturated rings. The molecular weight excluding hydrogens is 260 g/mol. The Bertz CT molecular complexity index is 318. The third-order valence-corrected chi connectivity index (χ3v) is 4.49. The molecule has 1 rings (SSSR count). The van der Waals surface area contributed by atoms with Gasteiger partial charge in [-0.3, -0.25) is 0 Å². The van der Waals surface area contributed by atoms with Crippen molar-refractivity contribution in [2.75, 3.05) is 0 Å². The SMILES string of the molecule is CCCCCCCCC1=C(CCCCCCCC(=O)[O-])C1. The predicted octanol–water partition coefficient (Wildman–Crippen LogP) is 4.92. The van der Waals surface area contributed by atoms with Crippen molar-refractivity contribution in [1.29, 1.82) is 0 Å². The van der Waals surface area contributed by atoms with E-state index >= 15 is 0 Å². The lowest BCUT2D eigenvalue weighted by atomic mass is 10.1. The number of hydrogen-bond donors (Lipinski definition) is 0. The molecule has 0 aromatic rings. The van der Waals surface area contributed by atoms with Crippen LogP contribution >= 0.6 is 0 Å². The number of carboxylic acids is 1. The van der Waals surface area contributed by atoms with Crippen LogP contribution < -0.4 is 5.11 Å². The van der Waals surface area contributed by atoms with Crippen LogP contribution in [0.3, 0.4) is 0 Å². The van der Waals surface area contributed by atoms with E-state index in [9.17, 15) is 9.90 Å². The molecule has 0 heterocycles. The molecule has 0 aliphatic heterocycles. The summed E-state index contributed by atoms with van der Waals surface area (Å²) in [5.41, 5.74) is 3.49. The molecule has 0 spiro atoms. The van der Waals surface area contributed by atoms with Crippen LogP contribution in [0, 0.1) is 0 Å². The summed E-state index contributed by atoms with van der Waals surface area (Å²) >= 11 is 0. The van der Waals surface area contributed by atoms with Gasteiger partial charge in [-0.2, -0.15) is 0 Å². The molecule has 1 aliphatic rings. The van der Waals surface area contributed by atoms with E-state index in [0.717, 1.165) is 12.8 Å². The molecule has 21 heavy (non-hydrogen) atoms. The van der Waals surface area contributed by atoms with E-state index in [0.29, 0.717) is 0 Å². The number of allylic oxidation sites excluding steroid dienone is 2. The number of unbranched alkanes of at least 4 members (excludes halogenated alkanes) is 9. The minimum atomic E-state index is -0.905. The van der Waals surface area contributed by atoms with Crippen LogP contribution in [0.1, 0.15) is 103 Å². The Morgan fingerprint density at radius 2 is 1.29 bits per heavy atom.